The maximum Gasteiger partial charge on any atom is 0.119 e. The summed E-state index contributed by atoms with van der Waals surface area (Å²) in [7, 11) is 0. The zero-order valence-electron chi connectivity index (χ0n) is 12.6. The summed E-state index contributed by atoms with van der Waals surface area (Å²) in [4.78, 5) is 0. The van der Waals surface area contributed by atoms with E-state index in [0.29, 0.717) is 19.2 Å². The highest BCUT2D eigenvalue weighted by atomic mass is 16.5. The molecule has 3 heteroatoms. The number of hydrogen-bond donors (Lipinski definition) is 2. The number of hydrogen-bond acceptors (Lipinski definition) is 3. The zero-order valence-corrected chi connectivity index (χ0v) is 12.6. The van der Waals surface area contributed by atoms with Crippen LogP contribution in [-0.2, 0) is 6.42 Å². The third-order valence-corrected chi connectivity index (χ3v) is 3.95. The molecule has 1 aliphatic rings. The summed E-state index contributed by atoms with van der Waals surface area (Å²) in [5.41, 5.74) is 1.26. The molecule has 1 aromatic carbocycles. The SMILES string of the molecule is CCCC1CC1NCC(O)COc1cccc(CC)c1. The van der Waals surface area contributed by atoms with Crippen LogP contribution in [0.15, 0.2) is 24.3 Å². The van der Waals surface area contributed by atoms with Gasteiger partial charge in [0.25, 0.3) is 0 Å². The molecule has 1 saturated carbocycles. The van der Waals surface area contributed by atoms with Gasteiger partial charge in [-0.15, -0.1) is 0 Å². The Hall–Kier alpha value is -1.06. The molecule has 1 fully saturated rings. The average Bonchev–Trinajstić information content (AvgIpc) is 3.22. The van der Waals surface area contributed by atoms with E-state index < -0.39 is 6.10 Å². The first-order valence-electron chi connectivity index (χ1n) is 7.86. The van der Waals surface area contributed by atoms with Crippen LogP contribution in [0.3, 0.4) is 0 Å². The highest BCUT2D eigenvalue weighted by Gasteiger charge is 2.35. The van der Waals surface area contributed by atoms with Crippen LogP contribution in [0.5, 0.6) is 5.75 Å². The summed E-state index contributed by atoms with van der Waals surface area (Å²) in [6, 6.07) is 8.69. The lowest BCUT2D eigenvalue weighted by atomic mass is 10.2. The van der Waals surface area contributed by atoms with Crippen molar-refractivity contribution >= 4 is 0 Å². The topological polar surface area (TPSA) is 41.5 Å². The monoisotopic (exact) mass is 277 g/mol. The lowest BCUT2D eigenvalue weighted by Crippen LogP contribution is -2.33. The first kappa shape index (κ1) is 15.3. The van der Waals surface area contributed by atoms with Crippen LogP contribution in [0.4, 0.5) is 0 Å². The predicted octanol–water partition coefficient (Wildman–Crippen LogP) is 2.77. The normalized spacial score (nSPS) is 22.6. The number of nitrogens with one attached hydrogen (secondary N) is 1. The second-order valence-corrected chi connectivity index (χ2v) is 5.76. The fraction of sp³-hybridized carbons (Fsp3) is 0.647. The quantitative estimate of drug-likeness (QED) is 0.729. The Kier molecular flexibility index (Phi) is 5.86. The molecule has 0 aromatic heterocycles. The molecule has 2 rings (SSSR count). The van der Waals surface area contributed by atoms with E-state index in [1.165, 1.54) is 24.8 Å². The molecule has 3 atom stereocenters. The van der Waals surface area contributed by atoms with Crippen LogP contribution in [0, 0.1) is 5.92 Å². The maximum absolute atomic E-state index is 9.94. The summed E-state index contributed by atoms with van der Waals surface area (Å²) in [6.07, 6.45) is 4.38. The number of aliphatic hydroxyl groups is 1. The summed E-state index contributed by atoms with van der Waals surface area (Å²) in [5.74, 6) is 1.67. The van der Waals surface area contributed by atoms with E-state index in [2.05, 4.69) is 25.2 Å². The molecule has 20 heavy (non-hydrogen) atoms. The molecular weight excluding hydrogens is 250 g/mol. The molecule has 0 bridgehead atoms. The number of aliphatic hydroxyl groups excluding tert-OH is 1. The Balaban J connectivity index is 1.63. The van der Waals surface area contributed by atoms with E-state index in [-0.39, 0.29) is 0 Å². The van der Waals surface area contributed by atoms with Crippen LogP contribution in [0.2, 0.25) is 0 Å². The fourth-order valence-corrected chi connectivity index (χ4v) is 2.58. The number of aryl methyl sites for hydroxylation is 1. The van der Waals surface area contributed by atoms with Crippen molar-refractivity contribution in [2.45, 2.75) is 51.7 Å². The van der Waals surface area contributed by atoms with Gasteiger partial charge in [0.05, 0.1) is 0 Å². The molecule has 0 radical (unpaired) electrons. The Morgan fingerprint density at radius 2 is 2.25 bits per heavy atom. The first-order valence-corrected chi connectivity index (χ1v) is 7.86. The number of benzene rings is 1. The summed E-state index contributed by atoms with van der Waals surface area (Å²) >= 11 is 0. The number of ether oxygens (including phenoxy) is 1. The maximum atomic E-state index is 9.94. The van der Waals surface area contributed by atoms with E-state index in [9.17, 15) is 5.11 Å². The molecule has 1 aliphatic carbocycles. The van der Waals surface area contributed by atoms with Crippen molar-refractivity contribution in [3.8, 4) is 5.75 Å². The Bertz CT molecular complexity index is 408. The van der Waals surface area contributed by atoms with Crippen molar-refractivity contribution in [3.63, 3.8) is 0 Å². The van der Waals surface area contributed by atoms with Crippen molar-refractivity contribution < 1.29 is 9.84 Å². The summed E-state index contributed by atoms with van der Waals surface area (Å²) in [5, 5.41) is 13.4. The van der Waals surface area contributed by atoms with Gasteiger partial charge >= 0.3 is 0 Å². The molecule has 0 aliphatic heterocycles. The van der Waals surface area contributed by atoms with Gasteiger partial charge in [-0.25, -0.2) is 0 Å². The van der Waals surface area contributed by atoms with Crippen molar-refractivity contribution in [3.05, 3.63) is 29.8 Å². The summed E-state index contributed by atoms with van der Waals surface area (Å²) in [6.45, 7) is 5.33. The molecule has 0 heterocycles. The molecule has 3 nitrogen and oxygen atoms in total. The van der Waals surface area contributed by atoms with Crippen molar-refractivity contribution in [2.75, 3.05) is 13.2 Å². The Labute approximate surface area is 122 Å². The molecule has 0 amide bonds. The van der Waals surface area contributed by atoms with Crippen LogP contribution >= 0.6 is 0 Å². The van der Waals surface area contributed by atoms with Gasteiger partial charge in [-0.1, -0.05) is 32.4 Å². The minimum Gasteiger partial charge on any atom is -0.491 e. The van der Waals surface area contributed by atoms with Gasteiger partial charge in [-0.2, -0.15) is 0 Å². The lowest BCUT2D eigenvalue weighted by Gasteiger charge is -2.13. The Morgan fingerprint density at radius 3 is 3.00 bits per heavy atom. The third kappa shape index (κ3) is 4.80. The molecular formula is C17H27NO2. The van der Waals surface area contributed by atoms with Gasteiger partial charge in [0, 0.05) is 12.6 Å². The second kappa shape index (κ2) is 7.65. The first-order chi connectivity index (χ1) is 9.72. The van der Waals surface area contributed by atoms with E-state index in [4.69, 9.17) is 4.74 Å². The average molecular weight is 277 g/mol. The minimum atomic E-state index is -0.442. The smallest absolute Gasteiger partial charge is 0.119 e. The molecule has 2 N–H and O–H groups in total. The Morgan fingerprint density at radius 1 is 1.40 bits per heavy atom. The van der Waals surface area contributed by atoms with Crippen LogP contribution in [-0.4, -0.2) is 30.4 Å². The highest BCUT2D eigenvalue weighted by molar-refractivity contribution is 5.28. The van der Waals surface area contributed by atoms with Gasteiger partial charge in [0.15, 0.2) is 0 Å². The van der Waals surface area contributed by atoms with Crippen LogP contribution < -0.4 is 10.1 Å². The predicted molar refractivity (Wildman–Crippen MR) is 82.1 cm³/mol. The minimum absolute atomic E-state index is 0.353. The zero-order chi connectivity index (χ0) is 14.4. The molecule has 0 saturated heterocycles. The van der Waals surface area contributed by atoms with Gasteiger partial charge in [0.1, 0.15) is 18.5 Å². The fourth-order valence-electron chi connectivity index (χ4n) is 2.58. The second-order valence-electron chi connectivity index (χ2n) is 5.76. The van der Waals surface area contributed by atoms with Gasteiger partial charge in [-0.05, 0) is 42.9 Å². The highest BCUT2D eigenvalue weighted by Crippen LogP contribution is 2.34. The van der Waals surface area contributed by atoms with Crippen molar-refractivity contribution in [1.29, 1.82) is 0 Å². The van der Waals surface area contributed by atoms with E-state index >= 15 is 0 Å². The van der Waals surface area contributed by atoms with E-state index in [1.54, 1.807) is 0 Å². The van der Waals surface area contributed by atoms with Crippen molar-refractivity contribution in [2.24, 2.45) is 5.92 Å². The van der Waals surface area contributed by atoms with Gasteiger partial charge < -0.3 is 15.2 Å². The molecule has 112 valence electrons. The van der Waals surface area contributed by atoms with Crippen molar-refractivity contribution in [1.82, 2.24) is 5.32 Å². The number of rotatable bonds is 9. The molecule has 3 unspecified atom stereocenters. The standard InChI is InChI=1S/C17H27NO2/c1-3-6-14-10-17(14)18-11-15(19)12-20-16-8-5-7-13(4-2)9-16/h5,7-9,14-15,17-19H,3-4,6,10-12H2,1-2H3. The van der Waals surface area contributed by atoms with Crippen LogP contribution in [0.1, 0.15) is 38.7 Å². The molecule has 1 aromatic rings. The van der Waals surface area contributed by atoms with Crippen LogP contribution in [0.25, 0.3) is 0 Å². The third-order valence-electron chi connectivity index (χ3n) is 3.95. The van der Waals surface area contributed by atoms with E-state index in [1.807, 2.05) is 18.2 Å². The van der Waals surface area contributed by atoms with E-state index in [0.717, 1.165) is 18.1 Å². The molecule has 0 spiro atoms. The summed E-state index contributed by atoms with van der Waals surface area (Å²) < 4.78 is 5.65. The largest absolute Gasteiger partial charge is 0.491 e. The lowest BCUT2D eigenvalue weighted by molar-refractivity contribution is 0.105. The van der Waals surface area contributed by atoms with Gasteiger partial charge in [-0.3, -0.25) is 0 Å². The van der Waals surface area contributed by atoms with Gasteiger partial charge in [0.2, 0.25) is 0 Å².